The quantitative estimate of drug-likeness (QED) is 0.195. The van der Waals surface area contributed by atoms with Crippen molar-refractivity contribution in [2.24, 2.45) is 10.9 Å². The van der Waals surface area contributed by atoms with E-state index in [1.165, 1.54) is 5.56 Å². The second-order valence-electron chi connectivity index (χ2n) is 8.27. The van der Waals surface area contributed by atoms with Crippen LogP contribution in [0.3, 0.4) is 0 Å². The van der Waals surface area contributed by atoms with Crippen molar-refractivity contribution in [1.29, 1.82) is 0 Å². The Bertz CT molecular complexity index is 1130. The van der Waals surface area contributed by atoms with E-state index in [0.717, 1.165) is 5.56 Å². The van der Waals surface area contributed by atoms with Crippen molar-refractivity contribution in [1.82, 2.24) is 5.16 Å². The van der Waals surface area contributed by atoms with E-state index in [4.69, 9.17) is 38.3 Å². The van der Waals surface area contributed by atoms with Crippen molar-refractivity contribution in [3.63, 3.8) is 0 Å². The van der Waals surface area contributed by atoms with Crippen molar-refractivity contribution in [2.45, 2.75) is 39.5 Å². The van der Waals surface area contributed by atoms with E-state index >= 15 is 0 Å². The SMILES string of the molecule is Cc1onc(-c2c(Cl)cccc2Cl)c1NC(=O)O/N=C(/N)Cc1ccc(C(C)(C)C)cc1. The first-order valence-corrected chi connectivity index (χ1v) is 10.6. The summed E-state index contributed by atoms with van der Waals surface area (Å²) in [6.07, 6.45) is -0.517. The Hall–Kier alpha value is -3.03. The first-order valence-electron chi connectivity index (χ1n) is 9.86. The molecule has 0 atom stereocenters. The van der Waals surface area contributed by atoms with Gasteiger partial charge in [-0.3, -0.25) is 10.2 Å². The fourth-order valence-electron chi connectivity index (χ4n) is 3.00. The molecule has 1 heterocycles. The molecule has 3 aromatic rings. The van der Waals surface area contributed by atoms with Crippen LogP contribution in [0.1, 0.15) is 37.7 Å². The molecule has 0 saturated carbocycles. The lowest BCUT2D eigenvalue weighted by molar-refractivity contribution is 0.166. The van der Waals surface area contributed by atoms with Gasteiger partial charge in [0.1, 0.15) is 17.2 Å². The zero-order valence-corrected chi connectivity index (χ0v) is 19.7. The van der Waals surface area contributed by atoms with Gasteiger partial charge in [0.2, 0.25) is 0 Å². The highest BCUT2D eigenvalue weighted by Crippen LogP contribution is 2.39. The number of anilines is 1. The van der Waals surface area contributed by atoms with Crippen LogP contribution in [-0.4, -0.2) is 17.1 Å². The minimum absolute atomic E-state index is 0.0620. The number of rotatable bonds is 5. The Labute approximate surface area is 196 Å². The number of hydrogen-bond acceptors (Lipinski definition) is 5. The number of aryl methyl sites for hydroxylation is 1. The van der Waals surface area contributed by atoms with E-state index in [-0.39, 0.29) is 22.6 Å². The number of aromatic nitrogens is 1. The van der Waals surface area contributed by atoms with Crippen LogP contribution in [-0.2, 0) is 16.7 Å². The van der Waals surface area contributed by atoms with Gasteiger partial charge in [-0.05, 0) is 35.6 Å². The molecule has 3 rings (SSSR count). The minimum atomic E-state index is -0.855. The number of carbonyl (C=O) groups excluding carboxylic acids is 1. The fraction of sp³-hybridized carbons (Fsp3) is 0.261. The van der Waals surface area contributed by atoms with Crippen LogP contribution in [0.4, 0.5) is 10.5 Å². The van der Waals surface area contributed by atoms with Gasteiger partial charge in [-0.25, -0.2) is 4.79 Å². The van der Waals surface area contributed by atoms with E-state index in [9.17, 15) is 4.79 Å². The van der Waals surface area contributed by atoms with E-state index in [1.807, 2.05) is 24.3 Å². The van der Waals surface area contributed by atoms with Crippen LogP contribution in [0, 0.1) is 6.92 Å². The average Bonchev–Trinajstić information content (AvgIpc) is 3.06. The van der Waals surface area contributed by atoms with Gasteiger partial charge in [0.25, 0.3) is 0 Å². The highest BCUT2D eigenvalue weighted by molar-refractivity contribution is 6.39. The van der Waals surface area contributed by atoms with Crippen molar-refractivity contribution < 1.29 is 14.2 Å². The Morgan fingerprint density at radius 3 is 2.38 bits per heavy atom. The first kappa shape index (κ1) is 23.6. The van der Waals surface area contributed by atoms with Crippen LogP contribution >= 0.6 is 23.2 Å². The number of amidine groups is 1. The van der Waals surface area contributed by atoms with Crippen molar-refractivity contribution in [2.75, 3.05) is 5.32 Å². The van der Waals surface area contributed by atoms with Crippen LogP contribution in [0.15, 0.2) is 52.1 Å². The molecule has 7 nitrogen and oxygen atoms in total. The molecule has 0 unspecified atom stereocenters. The number of carbonyl (C=O) groups is 1. The number of amides is 1. The van der Waals surface area contributed by atoms with Gasteiger partial charge in [0.05, 0.1) is 10.0 Å². The number of nitrogens with two attached hydrogens (primary N) is 1. The predicted molar refractivity (Wildman–Crippen MR) is 127 cm³/mol. The molecule has 0 spiro atoms. The first-order chi connectivity index (χ1) is 15.1. The molecule has 0 fully saturated rings. The van der Waals surface area contributed by atoms with Crippen LogP contribution in [0.2, 0.25) is 10.0 Å². The van der Waals surface area contributed by atoms with Gasteiger partial charge in [-0.1, -0.05) is 84.6 Å². The van der Waals surface area contributed by atoms with Gasteiger partial charge in [-0.15, -0.1) is 0 Å². The molecule has 168 valence electrons. The second-order valence-corrected chi connectivity index (χ2v) is 9.08. The maximum Gasteiger partial charge on any atom is 0.438 e. The van der Waals surface area contributed by atoms with E-state index < -0.39 is 6.09 Å². The summed E-state index contributed by atoms with van der Waals surface area (Å²) >= 11 is 12.5. The number of benzene rings is 2. The van der Waals surface area contributed by atoms with Gasteiger partial charge in [-0.2, -0.15) is 0 Å². The third-order valence-corrected chi connectivity index (χ3v) is 5.37. The highest BCUT2D eigenvalue weighted by Gasteiger charge is 2.22. The summed E-state index contributed by atoms with van der Waals surface area (Å²) in [4.78, 5) is 17.2. The number of hydrogen-bond donors (Lipinski definition) is 2. The second kappa shape index (κ2) is 9.63. The molecule has 1 amide bonds. The summed E-state index contributed by atoms with van der Waals surface area (Å²) in [5.41, 5.74) is 9.14. The Balaban J connectivity index is 1.68. The lowest BCUT2D eigenvalue weighted by Crippen LogP contribution is -2.19. The molecular weight excluding hydrogens is 451 g/mol. The third-order valence-electron chi connectivity index (χ3n) is 4.74. The van der Waals surface area contributed by atoms with Crippen molar-refractivity contribution in [3.8, 4) is 11.3 Å². The largest absolute Gasteiger partial charge is 0.438 e. The molecule has 3 N–H and O–H groups in total. The fourth-order valence-corrected chi connectivity index (χ4v) is 3.58. The number of nitrogens with one attached hydrogen (secondary N) is 1. The summed E-state index contributed by atoms with van der Waals surface area (Å²) in [7, 11) is 0. The van der Waals surface area contributed by atoms with E-state index in [2.05, 4.69) is 36.4 Å². The normalized spacial score (nSPS) is 12.0. The van der Waals surface area contributed by atoms with Crippen molar-refractivity contribution >= 4 is 40.8 Å². The van der Waals surface area contributed by atoms with Crippen LogP contribution in [0.5, 0.6) is 0 Å². The monoisotopic (exact) mass is 474 g/mol. The standard InChI is InChI=1S/C23H24Cl2N4O3/c1-13-20(21(29-31-13)19-16(24)6-5-7-17(19)25)27-22(30)32-28-18(26)12-14-8-10-15(11-9-14)23(2,3)4/h5-11H,12H2,1-4H3,(H2,26,28)(H,27,30). The van der Waals surface area contributed by atoms with Gasteiger partial charge >= 0.3 is 6.09 Å². The molecule has 0 bridgehead atoms. The average molecular weight is 475 g/mol. The summed E-state index contributed by atoms with van der Waals surface area (Å²) in [6.45, 7) is 8.07. The zero-order valence-electron chi connectivity index (χ0n) is 18.2. The topological polar surface area (TPSA) is 103 Å². The third kappa shape index (κ3) is 5.60. The lowest BCUT2D eigenvalue weighted by Gasteiger charge is -2.19. The molecule has 0 aliphatic carbocycles. The smallest absolute Gasteiger partial charge is 0.384 e. The van der Waals surface area contributed by atoms with Crippen LogP contribution in [0.25, 0.3) is 11.3 Å². The van der Waals surface area contributed by atoms with Crippen LogP contribution < -0.4 is 11.1 Å². The highest BCUT2D eigenvalue weighted by atomic mass is 35.5. The van der Waals surface area contributed by atoms with E-state index in [1.54, 1.807) is 25.1 Å². The summed E-state index contributed by atoms with van der Waals surface area (Å²) < 4.78 is 5.20. The zero-order chi connectivity index (χ0) is 23.5. The molecule has 0 aliphatic heterocycles. The molecule has 0 aliphatic rings. The molecule has 32 heavy (non-hydrogen) atoms. The number of halogens is 2. The molecule has 9 heteroatoms. The molecule has 1 aromatic heterocycles. The molecule has 0 saturated heterocycles. The molecule has 2 aromatic carbocycles. The van der Waals surface area contributed by atoms with Crippen molar-refractivity contribution in [3.05, 3.63) is 69.4 Å². The number of nitrogens with zero attached hydrogens (tertiary/aromatic N) is 2. The summed E-state index contributed by atoms with van der Waals surface area (Å²) in [5.74, 6) is 0.504. The lowest BCUT2D eigenvalue weighted by atomic mass is 9.86. The molecular formula is C23H24Cl2N4O3. The Morgan fingerprint density at radius 1 is 1.16 bits per heavy atom. The predicted octanol–water partition coefficient (Wildman–Crippen LogP) is 6.32. The maximum absolute atomic E-state index is 12.3. The Kier molecular flexibility index (Phi) is 7.11. The Morgan fingerprint density at radius 2 is 1.78 bits per heavy atom. The minimum Gasteiger partial charge on any atom is -0.384 e. The molecule has 0 radical (unpaired) electrons. The van der Waals surface area contributed by atoms with E-state index in [0.29, 0.717) is 27.8 Å². The van der Waals surface area contributed by atoms with Gasteiger partial charge < -0.3 is 10.3 Å². The maximum atomic E-state index is 12.3. The summed E-state index contributed by atoms with van der Waals surface area (Å²) in [6, 6.07) is 13.1. The van der Waals surface area contributed by atoms with Gasteiger partial charge in [0.15, 0.2) is 5.76 Å². The van der Waals surface area contributed by atoms with Gasteiger partial charge in [0, 0.05) is 12.0 Å². The summed E-state index contributed by atoms with van der Waals surface area (Å²) in [5, 5.41) is 11.0. The number of oxime groups is 1.